The molecule has 0 spiro atoms. The summed E-state index contributed by atoms with van der Waals surface area (Å²) in [6.07, 6.45) is 1.38. The molecule has 0 aliphatic heterocycles. The van der Waals surface area contributed by atoms with E-state index >= 15 is 0 Å². The molecule has 0 unspecified atom stereocenters. The highest BCUT2D eigenvalue weighted by atomic mass is 19.1. The molecule has 0 radical (unpaired) electrons. The third kappa shape index (κ3) is 2.85. The van der Waals surface area contributed by atoms with Crippen molar-refractivity contribution in [3.8, 4) is 11.5 Å². The Bertz CT molecular complexity index is 582. The van der Waals surface area contributed by atoms with Crippen LogP contribution in [0.2, 0.25) is 0 Å². The fourth-order valence-electron chi connectivity index (χ4n) is 1.52. The summed E-state index contributed by atoms with van der Waals surface area (Å²) in [5.74, 6) is -0.299. The van der Waals surface area contributed by atoms with Crippen molar-refractivity contribution < 1.29 is 14.6 Å². The first-order chi connectivity index (χ1) is 8.66. The van der Waals surface area contributed by atoms with E-state index in [0.717, 1.165) is 0 Å². The van der Waals surface area contributed by atoms with Gasteiger partial charge >= 0.3 is 0 Å². The minimum absolute atomic E-state index is 0.0302. The first-order valence-electron chi connectivity index (χ1n) is 5.42. The summed E-state index contributed by atoms with van der Waals surface area (Å²) in [6.45, 7) is 0.266. The van der Waals surface area contributed by atoms with Crippen LogP contribution in [0, 0.1) is 5.82 Å². The van der Waals surface area contributed by atoms with Crippen molar-refractivity contribution in [3.63, 3.8) is 0 Å². The number of hydrogen-bond acceptors (Lipinski definition) is 3. The van der Waals surface area contributed by atoms with E-state index in [1.165, 1.54) is 24.4 Å². The average Bonchev–Trinajstić information content (AvgIpc) is 2.36. The van der Waals surface area contributed by atoms with Gasteiger partial charge in [0.1, 0.15) is 17.3 Å². The number of rotatable bonds is 3. The summed E-state index contributed by atoms with van der Waals surface area (Å²) in [4.78, 5) is 4.06. The van der Waals surface area contributed by atoms with Crippen molar-refractivity contribution in [1.82, 2.24) is 0 Å². The van der Waals surface area contributed by atoms with Gasteiger partial charge in [-0.3, -0.25) is 4.99 Å². The zero-order valence-electron chi connectivity index (χ0n) is 9.55. The van der Waals surface area contributed by atoms with Gasteiger partial charge in [0.25, 0.3) is 0 Å². The molecule has 3 nitrogen and oxygen atoms in total. The second-order valence-corrected chi connectivity index (χ2v) is 3.80. The lowest BCUT2D eigenvalue weighted by molar-refractivity contribution is 0.468. The van der Waals surface area contributed by atoms with Crippen molar-refractivity contribution in [1.29, 1.82) is 0 Å². The Labute approximate surface area is 104 Å². The Morgan fingerprint density at radius 3 is 2.61 bits per heavy atom. The molecule has 92 valence electrons. The molecule has 2 aromatic rings. The van der Waals surface area contributed by atoms with E-state index in [2.05, 4.69) is 4.99 Å². The topological polar surface area (TPSA) is 52.8 Å². The number of halogens is 1. The average molecular weight is 245 g/mol. The van der Waals surface area contributed by atoms with Gasteiger partial charge in [0.15, 0.2) is 0 Å². The molecule has 0 aliphatic carbocycles. The van der Waals surface area contributed by atoms with Crippen molar-refractivity contribution in [2.45, 2.75) is 6.54 Å². The molecule has 0 aliphatic rings. The fourth-order valence-corrected chi connectivity index (χ4v) is 1.52. The van der Waals surface area contributed by atoms with E-state index in [4.69, 9.17) is 0 Å². The zero-order valence-corrected chi connectivity index (χ0v) is 9.55. The van der Waals surface area contributed by atoms with Crippen LogP contribution >= 0.6 is 0 Å². The van der Waals surface area contributed by atoms with Crippen LogP contribution in [-0.4, -0.2) is 16.4 Å². The first kappa shape index (κ1) is 12.1. The van der Waals surface area contributed by atoms with Crippen molar-refractivity contribution >= 4 is 6.21 Å². The van der Waals surface area contributed by atoms with Gasteiger partial charge in [-0.15, -0.1) is 0 Å². The van der Waals surface area contributed by atoms with E-state index in [9.17, 15) is 14.6 Å². The minimum atomic E-state index is -0.434. The second kappa shape index (κ2) is 5.31. The molecule has 18 heavy (non-hydrogen) atoms. The summed E-state index contributed by atoms with van der Waals surface area (Å²) < 4.78 is 12.9. The molecule has 0 fully saturated rings. The van der Waals surface area contributed by atoms with Gasteiger partial charge < -0.3 is 10.2 Å². The number of hydrogen-bond donors (Lipinski definition) is 2. The van der Waals surface area contributed by atoms with E-state index < -0.39 is 5.82 Å². The maximum atomic E-state index is 12.9. The molecule has 4 heteroatoms. The summed E-state index contributed by atoms with van der Waals surface area (Å²) in [5, 5.41) is 19.0. The zero-order chi connectivity index (χ0) is 13.0. The first-order valence-corrected chi connectivity index (χ1v) is 5.42. The summed E-state index contributed by atoms with van der Waals surface area (Å²) in [5.41, 5.74) is 0.982. The van der Waals surface area contributed by atoms with Crippen LogP contribution in [0.1, 0.15) is 11.1 Å². The molecule has 0 bridgehead atoms. The van der Waals surface area contributed by atoms with Gasteiger partial charge in [-0.2, -0.15) is 0 Å². The van der Waals surface area contributed by atoms with Crippen LogP contribution < -0.4 is 0 Å². The third-order valence-corrected chi connectivity index (χ3v) is 2.47. The number of benzene rings is 2. The normalized spacial score (nSPS) is 10.9. The lowest BCUT2D eigenvalue weighted by Gasteiger charge is -2.01. The third-order valence-electron chi connectivity index (χ3n) is 2.47. The second-order valence-electron chi connectivity index (χ2n) is 3.80. The van der Waals surface area contributed by atoms with Gasteiger partial charge in [0, 0.05) is 17.3 Å². The molecule has 0 amide bonds. The number of aromatic hydroxyl groups is 2. The van der Waals surface area contributed by atoms with Crippen LogP contribution in [0.4, 0.5) is 4.39 Å². The number of phenolic OH excluding ortho intramolecular Hbond substituents is 2. The molecule has 2 aromatic carbocycles. The molecular formula is C14H12FNO2. The SMILES string of the molecule is Oc1ccc(F)cc1/C=N/Cc1ccccc1O. The van der Waals surface area contributed by atoms with Gasteiger partial charge in [-0.05, 0) is 24.3 Å². The summed E-state index contributed by atoms with van der Waals surface area (Å²) in [6, 6.07) is 10.5. The molecule has 2 rings (SSSR count). The monoisotopic (exact) mass is 245 g/mol. The van der Waals surface area contributed by atoms with Gasteiger partial charge in [-0.1, -0.05) is 18.2 Å². The van der Waals surface area contributed by atoms with Crippen molar-refractivity contribution in [2.24, 2.45) is 4.99 Å². The van der Waals surface area contributed by atoms with Crippen LogP contribution in [0.5, 0.6) is 11.5 Å². The van der Waals surface area contributed by atoms with Crippen molar-refractivity contribution in [3.05, 3.63) is 59.4 Å². The van der Waals surface area contributed by atoms with Crippen LogP contribution in [0.3, 0.4) is 0 Å². The number of para-hydroxylation sites is 1. The Balaban J connectivity index is 2.12. The van der Waals surface area contributed by atoms with E-state index in [-0.39, 0.29) is 18.0 Å². The van der Waals surface area contributed by atoms with Gasteiger partial charge in [0.2, 0.25) is 0 Å². The lowest BCUT2D eigenvalue weighted by atomic mass is 10.2. The number of nitrogens with zero attached hydrogens (tertiary/aromatic N) is 1. The quantitative estimate of drug-likeness (QED) is 0.817. The highest BCUT2D eigenvalue weighted by Gasteiger charge is 2.00. The standard InChI is InChI=1S/C14H12FNO2/c15-12-5-6-14(18)11(7-12)9-16-8-10-3-1-2-4-13(10)17/h1-7,9,17-18H,8H2/b16-9+. The van der Waals surface area contributed by atoms with Crippen molar-refractivity contribution in [2.75, 3.05) is 0 Å². The van der Waals surface area contributed by atoms with E-state index in [1.807, 2.05) is 0 Å². The largest absolute Gasteiger partial charge is 0.508 e. The smallest absolute Gasteiger partial charge is 0.124 e. The molecule has 0 saturated carbocycles. The molecule has 2 N–H and O–H groups in total. The van der Waals surface area contributed by atoms with Gasteiger partial charge in [0.05, 0.1) is 6.54 Å². The summed E-state index contributed by atoms with van der Waals surface area (Å²) in [7, 11) is 0. The van der Waals surface area contributed by atoms with E-state index in [1.54, 1.807) is 24.3 Å². The lowest BCUT2D eigenvalue weighted by Crippen LogP contribution is -1.87. The maximum absolute atomic E-state index is 12.9. The Hall–Kier alpha value is -2.36. The predicted molar refractivity (Wildman–Crippen MR) is 67.5 cm³/mol. The fraction of sp³-hybridized carbons (Fsp3) is 0.0714. The molecule has 0 heterocycles. The number of phenols is 2. The maximum Gasteiger partial charge on any atom is 0.124 e. The highest BCUT2D eigenvalue weighted by Crippen LogP contribution is 2.18. The van der Waals surface area contributed by atoms with Crippen LogP contribution in [-0.2, 0) is 6.54 Å². The molecule has 0 aromatic heterocycles. The summed E-state index contributed by atoms with van der Waals surface area (Å²) >= 11 is 0. The minimum Gasteiger partial charge on any atom is -0.508 e. The number of aliphatic imine (C=N–C) groups is 1. The molecule has 0 saturated heterocycles. The van der Waals surface area contributed by atoms with E-state index in [0.29, 0.717) is 11.1 Å². The van der Waals surface area contributed by atoms with Crippen LogP contribution in [0.25, 0.3) is 0 Å². The predicted octanol–water partition coefficient (Wildman–Crippen LogP) is 2.86. The Morgan fingerprint density at radius 2 is 1.83 bits per heavy atom. The van der Waals surface area contributed by atoms with Gasteiger partial charge in [-0.25, -0.2) is 4.39 Å². The Morgan fingerprint density at radius 1 is 1.06 bits per heavy atom. The molecule has 0 atom stereocenters. The molecular weight excluding hydrogens is 233 g/mol. The Kier molecular flexibility index (Phi) is 3.57. The van der Waals surface area contributed by atoms with Crippen LogP contribution in [0.15, 0.2) is 47.5 Å². The highest BCUT2D eigenvalue weighted by molar-refractivity contribution is 5.83.